The summed E-state index contributed by atoms with van der Waals surface area (Å²) in [5.74, 6) is -0.260. The van der Waals surface area contributed by atoms with Crippen molar-refractivity contribution < 1.29 is 9.18 Å². The van der Waals surface area contributed by atoms with Crippen LogP contribution in [0.25, 0.3) is 0 Å². The number of rotatable bonds is 2. The van der Waals surface area contributed by atoms with E-state index in [9.17, 15) is 9.18 Å². The number of halogens is 1. The molecule has 3 rings (SSSR count). The van der Waals surface area contributed by atoms with Crippen LogP contribution in [0.15, 0.2) is 18.3 Å². The molecule has 0 N–H and O–H groups in total. The molecule has 120 valence electrons. The lowest BCUT2D eigenvalue weighted by atomic mass is 9.79. The number of piperidine rings is 2. The summed E-state index contributed by atoms with van der Waals surface area (Å²) < 4.78 is 12.9. The Morgan fingerprint density at radius 3 is 2.64 bits per heavy atom. The van der Waals surface area contributed by atoms with E-state index in [1.807, 2.05) is 4.90 Å². The standard InChI is InChI=1S/C17H24FN3O/c1-20-9-3-2-6-17(20)7-10-21(11-8-17)16(22)12-15-5-4-14(18)13-19-15/h4-5,13H,2-3,6-12H2,1H3. The number of likely N-dealkylation sites (tertiary alicyclic amines) is 2. The Kier molecular flexibility index (Phi) is 4.43. The van der Waals surface area contributed by atoms with E-state index in [1.165, 1.54) is 38.1 Å². The molecule has 1 amide bonds. The summed E-state index contributed by atoms with van der Waals surface area (Å²) in [7, 11) is 2.22. The van der Waals surface area contributed by atoms with Crippen LogP contribution in [0.4, 0.5) is 4.39 Å². The monoisotopic (exact) mass is 305 g/mol. The number of amides is 1. The Bertz CT molecular complexity index is 523. The average Bonchev–Trinajstić information content (AvgIpc) is 2.53. The minimum absolute atomic E-state index is 0.104. The van der Waals surface area contributed by atoms with E-state index in [-0.39, 0.29) is 18.1 Å². The van der Waals surface area contributed by atoms with Gasteiger partial charge in [-0.15, -0.1) is 0 Å². The van der Waals surface area contributed by atoms with Gasteiger partial charge in [0.05, 0.1) is 12.6 Å². The molecule has 0 aromatic carbocycles. The molecule has 0 aliphatic carbocycles. The Morgan fingerprint density at radius 2 is 2.00 bits per heavy atom. The van der Waals surface area contributed by atoms with Gasteiger partial charge in [0, 0.05) is 24.3 Å². The molecule has 0 unspecified atom stereocenters. The van der Waals surface area contributed by atoms with Crippen molar-refractivity contribution in [1.82, 2.24) is 14.8 Å². The summed E-state index contributed by atoms with van der Waals surface area (Å²) in [6.07, 6.45) is 7.41. The van der Waals surface area contributed by atoms with Crippen molar-refractivity contribution in [3.05, 3.63) is 29.8 Å². The van der Waals surface area contributed by atoms with Gasteiger partial charge in [0.1, 0.15) is 5.82 Å². The molecule has 2 fully saturated rings. The maximum absolute atomic E-state index is 12.9. The zero-order valence-corrected chi connectivity index (χ0v) is 13.2. The molecule has 1 spiro atoms. The highest BCUT2D eigenvalue weighted by molar-refractivity contribution is 5.78. The van der Waals surface area contributed by atoms with Crippen LogP contribution in [0, 0.1) is 5.82 Å². The molecule has 0 radical (unpaired) electrons. The van der Waals surface area contributed by atoms with Crippen molar-refractivity contribution in [2.24, 2.45) is 0 Å². The highest BCUT2D eigenvalue weighted by atomic mass is 19.1. The van der Waals surface area contributed by atoms with Gasteiger partial charge in [0.2, 0.25) is 5.91 Å². The van der Waals surface area contributed by atoms with E-state index in [1.54, 1.807) is 6.07 Å². The fraction of sp³-hybridized carbons (Fsp3) is 0.647. The Morgan fingerprint density at radius 1 is 1.23 bits per heavy atom. The van der Waals surface area contributed by atoms with E-state index in [0.29, 0.717) is 11.2 Å². The molecule has 22 heavy (non-hydrogen) atoms. The van der Waals surface area contributed by atoms with Crippen LogP contribution in [0.1, 0.15) is 37.8 Å². The Labute approximate surface area is 131 Å². The van der Waals surface area contributed by atoms with Gasteiger partial charge >= 0.3 is 0 Å². The smallest absolute Gasteiger partial charge is 0.228 e. The van der Waals surface area contributed by atoms with E-state index in [0.717, 1.165) is 25.9 Å². The third-order valence-corrected chi connectivity index (χ3v) is 5.36. The lowest BCUT2D eigenvalue weighted by Crippen LogP contribution is -2.56. The quantitative estimate of drug-likeness (QED) is 0.841. The minimum atomic E-state index is -0.364. The molecule has 0 bridgehead atoms. The molecular weight excluding hydrogens is 281 g/mol. The van der Waals surface area contributed by atoms with Gasteiger partial charge in [-0.3, -0.25) is 9.78 Å². The summed E-state index contributed by atoms with van der Waals surface area (Å²) in [5.41, 5.74) is 0.949. The highest BCUT2D eigenvalue weighted by Crippen LogP contribution is 2.36. The molecule has 2 saturated heterocycles. The van der Waals surface area contributed by atoms with Crippen LogP contribution in [-0.4, -0.2) is 52.9 Å². The first-order chi connectivity index (χ1) is 10.6. The minimum Gasteiger partial charge on any atom is -0.342 e. The number of hydrogen-bond acceptors (Lipinski definition) is 3. The van der Waals surface area contributed by atoms with Crippen molar-refractivity contribution in [1.29, 1.82) is 0 Å². The zero-order chi connectivity index (χ0) is 15.6. The van der Waals surface area contributed by atoms with Gasteiger partial charge < -0.3 is 9.80 Å². The SMILES string of the molecule is CN1CCCCC12CCN(C(=O)Cc1ccc(F)cn1)CC2. The van der Waals surface area contributed by atoms with Gasteiger partial charge in [-0.2, -0.15) is 0 Å². The summed E-state index contributed by atoms with van der Waals surface area (Å²) >= 11 is 0. The molecule has 3 heterocycles. The zero-order valence-electron chi connectivity index (χ0n) is 13.2. The third-order valence-electron chi connectivity index (χ3n) is 5.36. The van der Waals surface area contributed by atoms with Crippen molar-refractivity contribution in [3.63, 3.8) is 0 Å². The first-order valence-corrected chi connectivity index (χ1v) is 8.19. The summed E-state index contributed by atoms with van der Waals surface area (Å²) in [5, 5.41) is 0. The molecule has 1 aromatic rings. The Hall–Kier alpha value is -1.49. The van der Waals surface area contributed by atoms with Crippen LogP contribution in [0.2, 0.25) is 0 Å². The topological polar surface area (TPSA) is 36.4 Å². The molecule has 5 heteroatoms. The molecule has 1 aromatic heterocycles. The van der Waals surface area contributed by atoms with Gasteiger partial charge in [-0.1, -0.05) is 6.42 Å². The lowest BCUT2D eigenvalue weighted by Gasteiger charge is -2.50. The number of carbonyl (C=O) groups is 1. The predicted molar refractivity (Wildman–Crippen MR) is 82.9 cm³/mol. The summed E-state index contributed by atoms with van der Waals surface area (Å²) in [6.45, 7) is 2.82. The van der Waals surface area contributed by atoms with E-state index in [4.69, 9.17) is 0 Å². The van der Waals surface area contributed by atoms with E-state index >= 15 is 0 Å². The van der Waals surface area contributed by atoms with Crippen molar-refractivity contribution >= 4 is 5.91 Å². The second kappa shape index (κ2) is 6.32. The van der Waals surface area contributed by atoms with Crippen LogP contribution in [0.5, 0.6) is 0 Å². The summed E-state index contributed by atoms with van der Waals surface area (Å²) in [4.78, 5) is 20.8. The predicted octanol–water partition coefficient (Wildman–Crippen LogP) is 2.24. The van der Waals surface area contributed by atoms with Gasteiger partial charge in [0.15, 0.2) is 0 Å². The second-order valence-corrected chi connectivity index (χ2v) is 6.63. The van der Waals surface area contributed by atoms with Gasteiger partial charge in [-0.25, -0.2) is 4.39 Å². The van der Waals surface area contributed by atoms with Crippen LogP contribution in [-0.2, 0) is 11.2 Å². The molecule has 0 atom stereocenters. The number of pyridine rings is 1. The molecular formula is C17H24FN3O. The average molecular weight is 305 g/mol. The fourth-order valence-electron chi connectivity index (χ4n) is 3.81. The second-order valence-electron chi connectivity index (χ2n) is 6.63. The van der Waals surface area contributed by atoms with E-state index < -0.39 is 0 Å². The maximum Gasteiger partial charge on any atom is 0.228 e. The van der Waals surface area contributed by atoms with Crippen molar-refractivity contribution in [2.75, 3.05) is 26.7 Å². The molecule has 2 aliphatic rings. The highest BCUT2D eigenvalue weighted by Gasteiger charge is 2.40. The number of aromatic nitrogens is 1. The first kappa shape index (κ1) is 15.4. The fourth-order valence-corrected chi connectivity index (χ4v) is 3.81. The molecule has 4 nitrogen and oxygen atoms in total. The van der Waals surface area contributed by atoms with Crippen molar-refractivity contribution in [2.45, 2.75) is 44.1 Å². The largest absolute Gasteiger partial charge is 0.342 e. The number of carbonyl (C=O) groups excluding carboxylic acids is 1. The van der Waals surface area contributed by atoms with Gasteiger partial charge in [0.25, 0.3) is 0 Å². The maximum atomic E-state index is 12.9. The number of hydrogen-bond donors (Lipinski definition) is 0. The summed E-state index contributed by atoms with van der Waals surface area (Å²) in [6, 6.07) is 2.95. The normalized spacial score (nSPS) is 22.0. The van der Waals surface area contributed by atoms with E-state index in [2.05, 4.69) is 16.9 Å². The first-order valence-electron chi connectivity index (χ1n) is 8.19. The van der Waals surface area contributed by atoms with Crippen LogP contribution >= 0.6 is 0 Å². The number of nitrogens with zero attached hydrogens (tertiary/aromatic N) is 3. The third kappa shape index (κ3) is 3.14. The Balaban J connectivity index is 1.56. The lowest BCUT2D eigenvalue weighted by molar-refractivity contribution is -0.133. The molecule has 2 aliphatic heterocycles. The van der Waals surface area contributed by atoms with Crippen molar-refractivity contribution in [3.8, 4) is 0 Å². The molecule has 0 saturated carbocycles. The van der Waals surface area contributed by atoms with Gasteiger partial charge in [-0.05, 0) is 51.4 Å². The van der Waals surface area contributed by atoms with Crippen LogP contribution < -0.4 is 0 Å². The van der Waals surface area contributed by atoms with Crippen LogP contribution in [0.3, 0.4) is 0 Å².